The minimum atomic E-state index is 0.316. The van der Waals surface area contributed by atoms with Gasteiger partial charge in [0, 0.05) is 0 Å². The summed E-state index contributed by atoms with van der Waals surface area (Å²) in [7, 11) is 0. The third kappa shape index (κ3) is 7.74. The highest BCUT2D eigenvalue weighted by Gasteiger charge is 2.23. The summed E-state index contributed by atoms with van der Waals surface area (Å²) in [6, 6.07) is 0. The molecule has 0 saturated heterocycles. The van der Waals surface area contributed by atoms with Crippen molar-refractivity contribution in [2.45, 2.75) is 143 Å². The number of hydrogen-bond donors (Lipinski definition) is 0. The second-order valence-electron chi connectivity index (χ2n) is 15.2. The van der Waals surface area contributed by atoms with Crippen molar-refractivity contribution in [1.82, 2.24) is 0 Å². The van der Waals surface area contributed by atoms with E-state index in [1.807, 2.05) is 0 Å². The third-order valence-corrected chi connectivity index (χ3v) is 9.20. The summed E-state index contributed by atoms with van der Waals surface area (Å²) >= 11 is 0. The summed E-state index contributed by atoms with van der Waals surface area (Å²) in [4.78, 5) is 0. The lowest BCUT2D eigenvalue weighted by molar-refractivity contribution is 0.404. The molecule has 2 aromatic rings. The monoisotopic (exact) mass is 504 g/mol. The molecule has 0 aliphatic heterocycles. The Labute approximate surface area is 232 Å². The van der Waals surface area contributed by atoms with Gasteiger partial charge in [-0.2, -0.15) is 0 Å². The highest BCUT2D eigenvalue weighted by Crippen LogP contribution is 2.36. The third-order valence-electron chi connectivity index (χ3n) is 9.20. The maximum absolute atomic E-state index is 2.48. The van der Waals surface area contributed by atoms with Gasteiger partial charge in [-0.25, -0.2) is 0 Å². The normalized spacial score (nSPS) is 14.3. The molecule has 0 heterocycles. The molecule has 2 aromatic carbocycles. The van der Waals surface area contributed by atoms with Crippen LogP contribution in [0.4, 0.5) is 0 Å². The van der Waals surface area contributed by atoms with Crippen molar-refractivity contribution < 1.29 is 0 Å². The molecule has 0 N–H and O–H groups in total. The summed E-state index contributed by atoms with van der Waals surface area (Å²) in [5, 5.41) is 0. The van der Waals surface area contributed by atoms with Gasteiger partial charge in [0.15, 0.2) is 0 Å². The van der Waals surface area contributed by atoms with Gasteiger partial charge in [0.1, 0.15) is 0 Å². The van der Waals surface area contributed by atoms with Crippen molar-refractivity contribution in [3.63, 3.8) is 0 Å². The summed E-state index contributed by atoms with van der Waals surface area (Å²) in [5.41, 5.74) is 19.3. The first-order chi connectivity index (χ1) is 16.7. The minimum Gasteiger partial charge on any atom is -0.0622 e. The highest BCUT2D eigenvalue weighted by atomic mass is 14.3. The maximum atomic E-state index is 2.48. The second-order valence-corrected chi connectivity index (χ2v) is 15.2. The molecule has 0 heteroatoms. The van der Waals surface area contributed by atoms with Gasteiger partial charge in [-0.3, -0.25) is 0 Å². The van der Waals surface area contributed by atoms with Crippen LogP contribution < -0.4 is 0 Å². The average molecular weight is 505 g/mol. The zero-order chi connectivity index (χ0) is 28.6. The van der Waals surface area contributed by atoms with Gasteiger partial charge in [-0.15, -0.1) is 0 Å². The zero-order valence-electron chi connectivity index (χ0n) is 27.7. The molecule has 0 bridgehead atoms. The highest BCUT2D eigenvalue weighted by molar-refractivity contribution is 5.51. The largest absolute Gasteiger partial charge is 0.0622 e. The number of rotatable bonds is 8. The Balaban J connectivity index is 2.25. The Morgan fingerprint density at radius 3 is 0.838 bits per heavy atom. The quantitative estimate of drug-likeness (QED) is 0.335. The lowest BCUT2D eigenvalue weighted by atomic mass is 9.77. The molecule has 0 aromatic heterocycles. The van der Waals surface area contributed by atoms with Crippen LogP contribution in [-0.2, 0) is 25.7 Å². The van der Waals surface area contributed by atoms with Crippen LogP contribution in [-0.4, -0.2) is 0 Å². The molecule has 2 atom stereocenters. The van der Waals surface area contributed by atoms with E-state index in [1.165, 1.54) is 63.8 Å². The van der Waals surface area contributed by atoms with Gasteiger partial charge in [-0.05, 0) is 177 Å². The first kappa shape index (κ1) is 31.7. The number of benzene rings is 2. The average Bonchev–Trinajstić information content (AvgIpc) is 2.76. The Kier molecular flexibility index (Phi) is 9.99. The molecule has 0 fully saturated rings. The van der Waals surface area contributed by atoms with Crippen LogP contribution in [0.3, 0.4) is 0 Å². The summed E-state index contributed by atoms with van der Waals surface area (Å²) < 4.78 is 0. The molecule has 0 radical (unpaired) electrons. The molecule has 0 nitrogen and oxygen atoms in total. The second kappa shape index (κ2) is 11.7. The van der Waals surface area contributed by atoms with E-state index in [0.29, 0.717) is 22.7 Å². The van der Waals surface area contributed by atoms with Gasteiger partial charge in [-0.1, -0.05) is 55.4 Å². The topological polar surface area (TPSA) is 0 Å². The SMILES string of the molecule is Cc1c(C)c(CC(C)(C)C)c(C)c(C)c1CC(C)CC(C)Cc1c(C)c(C)c(CC(C)(C)C)c(C)c1C. The van der Waals surface area contributed by atoms with Gasteiger partial charge >= 0.3 is 0 Å². The molecule has 0 saturated carbocycles. The van der Waals surface area contributed by atoms with Crippen molar-refractivity contribution in [2.24, 2.45) is 22.7 Å². The van der Waals surface area contributed by atoms with Crippen molar-refractivity contribution in [3.05, 3.63) is 66.8 Å². The van der Waals surface area contributed by atoms with E-state index in [0.717, 1.165) is 12.8 Å². The van der Waals surface area contributed by atoms with Crippen LogP contribution in [0.1, 0.15) is 129 Å². The molecular formula is C37H60. The first-order valence-corrected chi connectivity index (χ1v) is 14.9. The summed E-state index contributed by atoms with van der Waals surface area (Å²) in [6.45, 7) is 38.0. The van der Waals surface area contributed by atoms with E-state index < -0.39 is 0 Å². The van der Waals surface area contributed by atoms with E-state index >= 15 is 0 Å². The molecule has 0 amide bonds. The van der Waals surface area contributed by atoms with Crippen LogP contribution in [0, 0.1) is 78.1 Å². The summed E-state index contributed by atoms with van der Waals surface area (Å²) in [5.74, 6) is 1.37. The van der Waals surface area contributed by atoms with E-state index in [9.17, 15) is 0 Å². The minimum absolute atomic E-state index is 0.316. The molecule has 208 valence electrons. The van der Waals surface area contributed by atoms with E-state index in [4.69, 9.17) is 0 Å². The van der Waals surface area contributed by atoms with Crippen LogP contribution in [0.5, 0.6) is 0 Å². The number of hydrogen-bond acceptors (Lipinski definition) is 0. The lowest BCUT2D eigenvalue weighted by Crippen LogP contribution is -2.17. The van der Waals surface area contributed by atoms with Crippen molar-refractivity contribution in [1.29, 1.82) is 0 Å². The molecule has 0 aliphatic rings. The Hall–Kier alpha value is -1.56. The fraction of sp³-hybridized carbons (Fsp3) is 0.676. The van der Waals surface area contributed by atoms with Crippen molar-refractivity contribution >= 4 is 0 Å². The van der Waals surface area contributed by atoms with E-state index in [-0.39, 0.29) is 0 Å². The molecule has 2 unspecified atom stereocenters. The van der Waals surface area contributed by atoms with Crippen LogP contribution in [0.25, 0.3) is 0 Å². The maximum Gasteiger partial charge on any atom is -0.0224 e. The predicted molar refractivity (Wildman–Crippen MR) is 167 cm³/mol. The fourth-order valence-corrected chi connectivity index (χ4v) is 6.69. The van der Waals surface area contributed by atoms with Gasteiger partial charge in [0.2, 0.25) is 0 Å². The summed E-state index contributed by atoms with van der Waals surface area (Å²) in [6.07, 6.45) is 5.98. The Morgan fingerprint density at radius 1 is 0.405 bits per heavy atom. The molecular weight excluding hydrogens is 444 g/mol. The van der Waals surface area contributed by atoms with Crippen LogP contribution in [0.15, 0.2) is 0 Å². The lowest BCUT2D eigenvalue weighted by Gasteiger charge is -2.28. The molecule has 0 aliphatic carbocycles. The Bertz CT molecular complexity index is 963. The van der Waals surface area contributed by atoms with E-state index in [1.54, 1.807) is 22.3 Å². The molecule has 37 heavy (non-hydrogen) atoms. The van der Waals surface area contributed by atoms with Crippen molar-refractivity contribution in [3.8, 4) is 0 Å². The molecule has 2 rings (SSSR count). The van der Waals surface area contributed by atoms with Crippen LogP contribution >= 0.6 is 0 Å². The zero-order valence-corrected chi connectivity index (χ0v) is 27.7. The van der Waals surface area contributed by atoms with Gasteiger partial charge in [0.05, 0.1) is 0 Å². The first-order valence-electron chi connectivity index (χ1n) is 14.9. The van der Waals surface area contributed by atoms with Crippen LogP contribution in [0.2, 0.25) is 0 Å². The predicted octanol–water partition coefficient (Wildman–Crippen LogP) is 10.8. The fourth-order valence-electron chi connectivity index (χ4n) is 6.69. The smallest absolute Gasteiger partial charge is 0.0224 e. The van der Waals surface area contributed by atoms with E-state index in [2.05, 4.69) is 111 Å². The van der Waals surface area contributed by atoms with Gasteiger partial charge in [0.25, 0.3) is 0 Å². The Morgan fingerprint density at radius 2 is 0.622 bits per heavy atom. The van der Waals surface area contributed by atoms with Crippen molar-refractivity contribution in [2.75, 3.05) is 0 Å². The molecule has 0 spiro atoms. The standard InChI is InChI=1S/C37H60/c1-22(18-32-24(3)28(7)34(20-36(11,12)13)29(8)25(32)4)17-23(2)19-33-26(5)30(9)35(21-37(14,15)16)31(10)27(33)6/h22-23H,17-21H2,1-16H3. The van der Waals surface area contributed by atoms with Gasteiger partial charge < -0.3 is 0 Å².